The number of nitrogens with zero attached hydrogens (tertiary/aromatic N) is 2. The van der Waals surface area contributed by atoms with Crippen molar-refractivity contribution in [2.75, 3.05) is 25.0 Å². The maximum atomic E-state index is 13.9. The van der Waals surface area contributed by atoms with Gasteiger partial charge >= 0.3 is 6.09 Å². The Morgan fingerprint density at radius 3 is 2.69 bits per heavy atom. The van der Waals surface area contributed by atoms with Crippen LogP contribution in [0.5, 0.6) is 0 Å². The fourth-order valence-corrected chi connectivity index (χ4v) is 3.46. The van der Waals surface area contributed by atoms with Crippen molar-refractivity contribution in [2.45, 2.75) is 18.9 Å². The number of hydrogen-bond donors (Lipinski definition) is 1. The molecule has 138 valence electrons. The Balaban J connectivity index is 2.04. The van der Waals surface area contributed by atoms with Crippen LogP contribution in [-0.4, -0.2) is 42.3 Å². The van der Waals surface area contributed by atoms with E-state index in [4.69, 9.17) is 11.6 Å². The quantitative estimate of drug-likeness (QED) is 0.823. The average molecular weight is 381 g/mol. The van der Waals surface area contributed by atoms with E-state index in [0.717, 1.165) is 19.4 Å². The lowest BCUT2D eigenvalue weighted by atomic mass is 10.0. The Morgan fingerprint density at radius 1 is 1.31 bits per heavy atom. The molecule has 3 rings (SSSR count). The summed E-state index contributed by atoms with van der Waals surface area (Å²) in [5.74, 6) is -1.17. The Bertz CT molecular complexity index is 831. The van der Waals surface area contributed by atoms with E-state index in [1.54, 1.807) is 6.07 Å². The van der Waals surface area contributed by atoms with E-state index in [-0.39, 0.29) is 17.6 Å². The van der Waals surface area contributed by atoms with Gasteiger partial charge < -0.3 is 10.0 Å². The summed E-state index contributed by atoms with van der Waals surface area (Å²) >= 11 is 5.72. The molecule has 4 nitrogen and oxygen atoms in total. The summed E-state index contributed by atoms with van der Waals surface area (Å²) in [5, 5.41) is 9.68. The van der Waals surface area contributed by atoms with Gasteiger partial charge in [-0.3, -0.25) is 4.90 Å². The van der Waals surface area contributed by atoms with Crippen LogP contribution >= 0.6 is 11.6 Å². The van der Waals surface area contributed by atoms with Gasteiger partial charge in [0, 0.05) is 18.2 Å². The smallest absolute Gasteiger partial charge is 0.411 e. The molecule has 1 heterocycles. The van der Waals surface area contributed by atoms with Gasteiger partial charge in [-0.25, -0.2) is 13.6 Å². The van der Waals surface area contributed by atoms with Crippen LogP contribution in [0.1, 0.15) is 12.8 Å². The molecular weight excluding hydrogens is 362 g/mol. The molecule has 1 fully saturated rings. The highest BCUT2D eigenvalue weighted by Crippen LogP contribution is 2.34. The van der Waals surface area contributed by atoms with Gasteiger partial charge in [0.15, 0.2) is 0 Å². The molecule has 0 saturated carbocycles. The summed E-state index contributed by atoms with van der Waals surface area (Å²) < 4.78 is 27.7. The third kappa shape index (κ3) is 3.81. The van der Waals surface area contributed by atoms with Crippen LogP contribution in [-0.2, 0) is 0 Å². The number of benzene rings is 2. The Morgan fingerprint density at radius 2 is 2.08 bits per heavy atom. The van der Waals surface area contributed by atoms with E-state index in [1.807, 2.05) is 7.05 Å². The van der Waals surface area contributed by atoms with E-state index in [9.17, 15) is 18.7 Å². The molecule has 1 saturated heterocycles. The molecule has 26 heavy (non-hydrogen) atoms. The van der Waals surface area contributed by atoms with Gasteiger partial charge in [0.1, 0.15) is 11.6 Å². The molecule has 1 aliphatic heterocycles. The van der Waals surface area contributed by atoms with E-state index in [0.29, 0.717) is 16.8 Å². The molecule has 0 aromatic heterocycles. The van der Waals surface area contributed by atoms with E-state index in [2.05, 4.69) is 4.90 Å². The summed E-state index contributed by atoms with van der Waals surface area (Å²) in [6, 6.07) is 8.03. The molecule has 0 aliphatic carbocycles. The van der Waals surface area contributed by atoms with Crippen molar-refractivity contribution >= 4 is 23.4 Å². The van der Waals surface area contributed by atoms with Crippen molar-refractivity contribution < 1.29 is 18.7 Å². The van der Waals surface area contributed by atoms with Gasteiger partial charge in [0.2, 0.25) is 0 Å². The molecule has 0 spiro atoms. The van der Waals surface area contributed by atoms with E-state index < -0.39 is 17.7 Å². The summed E-state index contributed by atoms with van der Waals surface area (Å²) in [4.78, 5) is 15.2. The summed E-state index contributed by atoms with van der Waals surface area (Å²) in [5.41, 5.74) is 0.997. The van der Waals surface area contributed by atoms with Crippen molar-refractivity contribution in [1.82, 2.24) is 4.90 Å². The van der Waals surface area contributed by atoms with Gasteiger partial charge in [-0.15, -0.1) is 0 Å². The molecule has 0 bridgehead atoms. The lowest BCUT2D eigenvalue weighted by molar-refractivity contribution is 0.198. The fraction of sp³-hybridized carbons (Fsp3) is 0.316. The second-order valence-corrected chi connectivity index (χ2v) is 6.87. The van der Waals surface area contributed by atoms with Gasteiger partial charge in [0.25, 0.3) is 0 Å². The molecule has 0 radical (unpaired) electrons. The Hall–Kier alpha value is -2.18. The number of rotatable bonds is 4. The number of halogens is 3. The number of anilines is 1. The lowest BCUT2D eigenvalue weighted by Crippen LogP contribution is -2.41. The molecule has 1 aliphatic rings. The summed E-state index contributed by atoms with van der Waals surface area (Å²) in [6.07, 6.45) is 0.771. The second-order valence-electron chi connectivity index (χ2n) is 6.46. The second kappa shape index (κ2) is 7.60. The highest BCUT2D eigenvalue weighted by Gasteiger charge is 2.28. The molecule has 1 N–H and O–H groups in total. The molecule has 1 amide bonds. The van der Waals surface area contributed by atoms with Crippen LogP contribution in [0.3, 0.4) is 0 Å². The largest absolute Gasteiger partial charge is 0.465 e. The summed E-state index contributed by atoms with van der Waals surface area (Å²) in [7, 11) is 1.96. The lowest BCUT2D eigenvalue weighted by Gasteiger charge is -2.28. The maximum Gasteiger partial charge on any atom is 0.411 e. The predicted octanol–water partition coefficient (Wildman–Crippen LogP) is 4.86. The van der Waals surface area contributed by atoms with Crippen molar-refractivity contribution in [3.05, 3.63) is 53.1 Å². The third-order valence-corrected chi connectivity index (χ3v) is 5.08. The topological polar surface area (TPSA) is 43.8 Å². The van der Waals surface area contributed by atoms with Gasteiger partial charge in [0.05, 0.1) is 10.7 Å². The number of hydrogen-bond acceptors (Lipinski definition) is 2. The zero-order valence-electron chi connectivity index (χ0n) is 14.3. The third-order valence-electron chi connectivity index (χ3n) is 4.78. The first-order valence-electron chi connectivity index (χ1n) is 8.32. The summed E-state index contributed by atoms with van der Waals surface area (Å²) in [6.45, 7) is 1.18. The number of likely N-dealkylation sites (N-methyl/N-ethyl adjacent to an activating group) is 1. The van der Waals surface area contributed by atoms with Crippen molar-refractivity contribution in [3.63, 3.8) is 0 Å². The van der Waals surface area contributed by atoms with Crippen LogP contribution < -0.4 is 4.90 Å². The first-order valence-corrected chi connectivity index (χ1v) is 8.70. The normalized spacial score (nSPS) is 17.5. The van der Waals surface area contributed by atoms with E-state index in [1.165, 1.54) is 35.2 Å². The monoisotopic (exact) mass is 380 g/mol. The van der Waals surface area contributed by atoms with Gasteiger partial charge in [-0.2, -0.15) is 0 Å². The number of carboxylic acid groups (broad SMARTS) is 1. The minimum atomic E-state index is -1.13. The molecule has 1 atom stereocenters. The van der Waals surface area contributed by atoms with E-state index >= 15 is 0 Å². The highest BCUT2D eigenvalue weighted by molar-refractivity contribution is 6.30. The molecule has 7 heteroatoms. The van der Waals surface area contributed by atoms with Crippen molar-refractivity contribution in [2.24, 2.45) is 0 Å². The molecule has 0 unspecified atom stereocenters. The van der Waals surface area contributed by atoms with Crippen LogP contribution in [0.25, 0.3) is 11.1 Å². The van der Waals surface area contributed by atoms with Crippen molar-refractivity contribution in [3.8, 4) is 11.1 Å². The first kappa shape index (κ1) is 18.6. The highest BCUT2D eigenvalue weighted by atomic mass is 35.5. The van der Waals surface area contributed by atoms with Crippen LogP contribution in [0.15, 0.2) is 36.4 Å². The number of amides is 1. The zero-order valence-corrected chi connectivity index (χ0v) is 15.0. The van der Waals surface area contributed by atoms with Crippen LogP contribution in [0, 0.1) is 11.6 Å². The zero-order chi connectivity index (χ0) is 18.8. The number of likely N-dealkylation sites (tertiary alicyclic amines) is 1. The van der Waals surface area contributed by atoms with Gasteiger partial charge in [-0.1, -0.05) is 17.7 Å². The predicted molar refractivity (Wildman–Crippen MR) is 97.8 cm³/mol. The molecular formula is C19H19ClF2N2O2. The average Bonchev–Trinajstić information content (AvgIpc) is 3.00. The first-order chi connectivity index (χ1) is 12.4. The Labute approximate surface area is 155 Å². The standard InChI is InChI=1S/C19H19ClF2N2O2/c1-23-8-2-3-14(23)11-24(19(25)26)18-7-5-13(21)10-15(18)12-4-6-16(20)17(22)9-12/h4-7,9-10,14H,2-3,8,11H2,1H3,(H,25,26)/t14-/m0/s1. The molecule has 2 aromatic rings. The SMILES string of the molecule is CN1CCC[C@H]1CN(C(=O)O)c1ccc(F)cc1-c1ccc(Cl)c(F)c1. The minimum Gasteiger partial charge on any atom is -0.465 e. The minimum absolute atomic E-state index is 0.0469. The number of carbonyl (C=O) groups is 1. The van der Waals surface area contributed by atoms with Crippen LogP contribution in [0.2, 0.25) is 5.02 Å². The molecule has 2 aromatic carbocycles. The van der Waals surface area contributed by atoms with Crippen LogP contribution in [0.4, 0.5) is 19.3 Å². The van der Waals surface area contributed by atoms with Gasteiger partial charge in [-0.05, 0) is 62.3 Å². The fourth-order valence-electron chi connectivity index (χ4n) is 3.34. The Kier molecular flexibility index (Phi) is 5.44. The maximum absolute atomic E-state index is 13.9. The van der Waals surface area contributed by atoms with Crippen molar-refractivity contribution in [1.29, 1.82) is 0 Å².